The molecule has 0 amide bonds. The van der Waals surface area contributed by atoms with Gasteiger partial charge in [0.05, 0.1) is 24.2 Å². The summed E-state index contributed by atoms with van der Waals surface area (Å²) in [6, 6.07) is 5.13. The van der Waals surface area contributed by atoms with E-state index >= 15 is 0 Å². The van der Waals surface area contributed by atoms with E-state index in [-0.39, 0.29) is 15.9 Å². The van der Waals surface area contributed by atoms with Crippen molar-refractivity contribution in [1.82, 2.24) is 0 Å². The molecule has 206 valence electrons. The van der Waals surface area contributed by atoms with Crippen molar-refractivity contribution >= 4 is 41.1 Å². The van der Waals surface area contributed by atoms with Gasteiger partial charge in [0.1, 0.15) is 0 Å². The molecule has 0 fully saturated rings. The van der Waals surface area contributed by atoms with Crippen molar-refractivity contribution < 1.29 is 0 Å². The summed E-state index contributed by atoms with van der Waals surface area (Å²) < 4.78 is 0. The average Bonchev–Trinajstić information content (AvgIpc) is 3.35. The first-order valence-electron chi connectivity index (χ1n) is 14.8. The van der Waals surface area contributed by atoms with E-state index in [1.165, 1.54) is 16.4 Å². The lowest BCUT2D eigenvalue weighted by molar-refractivity contribution is 0.329. The van der Waals surface area contributed by atoms with Crippen LogP contribution in [0.15, 0.2) is 58.4 Å². The summed E-state index contributed by atoms with van der Waals surface area (Å²) >= 11 is 0. The molecule has 38 heavy (non-hydrogen) atoms. The van der Waals surface area contributed by atoms with Gasteiger partial charge < -0.3 is 0 Å². The Bertz CT molecular complexity index is 1410. The Balaban J connectivity index is 2.34. The van der Waals surface area contributed by atoms with Gasteiger partial charge in [0.2, 0.25) is 0 Å². The third-order valence-electron chi connectivity index (χ3n) is 9.19. The van der Waals surface area contributed by atoms with Crippen molar-refractivity contribution in [3.05, 3.63) is 74.4 Å². The second-order valence-corrected chi connectivity index (χ2v) is 32.5. The SMILES string of the molecule is CC(C)(C)c1cc([Si](C)(C)C)c2c(c1)=CC1=C(C3=CC=CC3)C(C(C)(C)C)([Si](C)(C)C)C([Si](C)(C)C)=CC=21. The molecule has 0 radical (unpaired) electrons. The molecule has 3 heteroatoms. The highest BCUT2D eigenvalue weighted by molar-refractivity contribution is 6.90. The lowest BCUT2D eigenvalue weighted by atomic mass is 9.67. The van der Waals surface area contributed by atoms with Gasteiger partial charge in [-0.1, -0.05) is 147 Å². The first-order chi connectivity index (χ1) is 17.0. The monoisotopic (exact) mass is 558 g/mol. The third kappa shape index (κ3) is 4.45. The van der Waals surface area contributed by atoms with Gasteiger partial charge in [-0.2, -0.15) is 0 Å². The lowest BCUT2D eigenvalue weighted by Gasteiger charge is -2.60. The van der Waals surface area contributed by atoms with Crippen LogP contribution >= 0.6 is 0 Å². The third-order valence-corrected chi connectivity index (χ3v) is 17.1. The minimum atomic E-state index is -1.78. The van der Waals surface area contributed by atoms with E-state index in [1.807, 2.05) is 0 Å². The summed E-state index contributed by atoms with van der Waals surface area (Å²) in [5.74, 6) is 0. The predicted molar refractivity (Wildman–Crippen MR) is 181 cm³/mol. The van der Waals surface area contributed by atoms with Crippen molar-refractivity contribution in [2.75, 3.05) is 0 Å². The standard InChI is InChI=1S/C35H54Si3/c1-33(2,3)26-20-25-21-28-27(31(25)29(22-26)36(7,8)9)23-30(37(10,11)12)35(34(4,5)6,38(13,14)15)32(28)24-18-16-17-19-24/h16-18,20-23H,19H2,1-15H3. The lowest BCUT2D eigenvalue weighted by Crippen LogP contribution is -2.56. The molecular formula is C35H54Si3. The maximum atomic E-state index is 2.76. The fourth-order valence-electron chi connectivity index (χ4n) is 7.93. The van der Waals surface area contributed by atoms with E-state index in [9.17, 15) is 0 Å². The van der Waals surface area contributed by atoms with Crippen LogP contribution in [0.1, 0.15) is 53.5 Å². The minimum Gasteiger partial charge on any atom is -0.0801 e. The highest BCUT2D eigenvalue weighted by Gasteiger charge is 2.60. The molecule has 1 aromatic carbocycles. The highest BCUT2D eigenvalue weighted by atomic mass is 28.3. The summed E-state index contributed by atoms with van der Waals surface area (Å²) in [6.07, 6.45) is 13.6. The smallest absolute Gasteiger partial charge is 0.0784 e. The average molecular weight is 559 g/mol. The molecule has 3 aliphatic carbocycles. The van der Waals surface area contributed by atoms with Gasteiger partial charge in [-0.3, -0.25) is 0 Å². The maximum absolute atomic E-state index is 2.76. The van der Waals surface area contributed by atoms with Crippen LogP contribution < -0.4 is 15.6 Å². The molecule has 3 aliphatic rings. The van der Waals surface area contributed by atoms with Gasteiger partial charge in [-0.05, 0) is 61.6 Å². The molecule has 1 atom stereocenters. The van der Waals surface area contributed by atoms with Crippen molar-refractivity contribution in [1.29, 1.82) is 0 Å². The fraction of sp³-hybridized carbons (Fsp3) is 0.543. The van der Waals surface area contributed by atoms with Crippen LogP contribution in [0.2, 0.25) is 64.0 Å². The summed E-state index contributed by atoms with van der Waals surface area (Å²) in [7, 11) is -5.09. The maximum Gasteiger partial charge on any atom is 0.0784 e. The number of allylic oxidation sites excluding steroid dienone is 8. The van der Waals surface area contributed by atoms with Crippen LogP contribution in [0.5, 0.6) is 0 Å². The van der Waals surface area contributed by atoms with Gasteiger partial charge in [0, 0.05) is 5.04 Å². The minimum absolute atomic E-state index is 0.0892. The van der Waals surface area contributed by atoms with Crippen LogP contribution in [-0.2, 0) is 5.41 Å². The zero-order valence-corrected chi connectivity index (χ0v) is 30.2. The Labute approximate surface area is 237 Å². The largest absolute Gasteiger partial charge is 0.0801 e. The van der Waals surface area contributed by atoms with Crippen LogP contribution in [-0.4, -0.2) is 24.2 Å². The number of fused-ring (bicyclic) bond motifs is 2. The van der Waals surface area contributed by atoms with E-state index in [2.05, 4.69) is 143 Å². The Hall–Kier alpha value is -1.43. The summed E-state index contributed by atoms with van der Waals surface area (Å²) in [5.41, 5.74) is 8.07. The van der Waals surface area contributed by atoms with Crippen molar-refractivity contribution in [2.24, 2.45) is 5.41 Å². The molecule has 0 spiro atoms. The van der Waals surface area contributed by atoms with Gasteiger partial charge in [-0.25, -0.2) is 0 Å². The highest BCUT2D eigenvalue weighted by Crippen LogP contribution is 2.69. The van der Waals surface area contributed by atoms with Gasteiger partial charge in [-0.15, -0.1) is 0 Å². The number of hydrogen-bond donors (Lipinski definition) is 0. The molecule has 0 bridgehead atoms. The summed E-state index contributed by atoms with van der Waals surface area (Å²) in [5, 5.41) is 6.55. The number of hydrogen-bond acceptors (Lipinski definition) is 0. The van der Waals surface area contributed by atoms with Gasteiger partial charge in [0.15, 0.2) is 0 Å². The van der Waals surface area contributed by atoms with E-state index in [0.717, 1.165) is 6.42 Å². The Morgan fingerprint density at radius 2 is 1.34 bits per heavy atom. The van der Waals surface area contributed by atoms with Crippen LogP contribution in [0.25, 0.3) is 11.6 Å². The topological polar surface area (TPSA) is 0 Å². The molecule has 0 N–H and O–H groups in total. The van der Waals surface area contributed by atoms with Gasteiger partial charge in [0.25, 0.3) is 0 Å². The Morgan fingerprint density at radius 3 is 1.76 bits per heavy atom. The molecule has 0 aromatic heterocycles. The zero-order valence-electron chi connectivity index (χ0n) is 27.2. The molecule has 0 nitrogen and oxygen atoms in total. The van der Waals surface area contributed by atoms with Crippen molar-refractivity contribution in [2.45, 2.75) is 117 Å². The summed E-state index contributed by atoms with van der Waals surface area (Å²) in [4.78, 5) is 0. The predicted octanol–water partition coefficient (Wildman–Crippen LogP) is 8.60. The zero-order chi connectivity index (χ0) is 28.9. The molecule has 0 aliphatic heterocycles. The van der Waals surface area contributed by atoms with E-state index < -0.39 is 24.2 Å². The first kappa shape index (κ1) is 29.6. The fourth-order valence-corrected chi connectivity index (χ4v) is 18.2. The van der Waals surface area contributed by atoms with E-state index in [0.29, 0.717) is 0 Å². The molecular weight excluding hydrogens is 505 g/mol. The molecule has 4 rings (SSSR count). The van der Waals surface area contributed by atoms with Crippen LogP contribution in [0.3, 0.4) is 0 Å². The van der Waals surface area contributed by atoms with Gasteiger partial charge >= 0.3 is 0 Å². The quantitative estimate of drug-likeness (QED) is 0.325. The molecule has 1 aromatic rings. The van der Waals surface area contributed by atoms with E-state index in [1.54, 1.807) is 32.3 Å². The summed E-state index contributed by atoms with van der Waals surface area (Å²) in [6.45, 7) is 38.1. The molecule has 0 heterocycles. The first-order valence-corrected chi connectivity index (χ1v) is 25.3. The van der Waals surface area contributed by atoms with Crippen LogP contribution in [0.4, 0.5) is 0 Å². The van der Waals surface area contributed by atoms with Crippen molar-refractivity contribution in [3.63, 3.8) is 0 Å². The van der Waals surface area contributed by atoms with E-state index in [4.69, 9.17) is 0 Å². The Kier molecular flexibility index (Phi) is 6.83. The normalized spacial score (nSPS) is 22.3. The molecule has 0 saturated heterocycles. The second kappa shape index (κ2) is 8.78. The van der Waals surface area contributed by atoms with Crippen molar-refractivity contribution in [3.8, 4) is 0 Å². The van der Waals surface area contributed by atoms with Crippen LogP contribution in [0, 0.1) is 5.41 Å². The molecule has 1 unspecified atom stereocenters. The number of rotatable bonds is 4. The molecule has 0 saturated carbocycles. The Morgan fingerprint density at radius 1 is 0.737 bits per heavy atom. The number of benzene rings is 1. The second-order valence-electron chi connectivity index (χ2n) is 17.2.